The van der Waals surface area contributed by atoms with Gasteiger partial charge in [-0.3, -0.25) is 4.79 Å². The Labute approximate surface area is 108 Å². The summed E-state index contributed by atoms with van der Waals surface area (Å²) >= 11 is 0. The van der Waals surface area contributed by atoms with Crippen LogP contribution in [-0.4, -0.2) is 25.2 Å². The molecule has 1 saturated heterocycles. The highest BCUT2D eigenvalue weighted by atomic mass is 16.5. The molecule has 0 radical (unpaired) electrons. The predicted molar refractivity (Wildman–Crippen MR) is 72.5 cm³/mol. The molecule has 2 N–H and O–H groups in total. The van der Waals surface area contributed by atoms with E-state index in [1.54, 1.807) is 4.90 Å². The number of nitrogens with two attached hydrogens (primary N) is 1. The van der Waals surface area contributed by atoms with Crippen molar-refractivity contribution in [1.29, 1.82) is 0 Å². The summed E-state index contributed by atoms with van der Waals surface area (Å²) in [5, 5.41) is 0. The van der Waals surface area contributed by atoms with Gasteiger partial charge in [0.05, 0.1) is 0 Å². The summed E-state index contributed by atoms with van der Waals surface area (Å²) in [5.74, 6) is 0.0686. The summed E-state index contributed by atoms with van der Waals surface area (Å²) in [6, 6.07) is 7.41. The van der Waals surface area contributed by atoms with Crippen LogP contribution in [0.3, 0.4) is 0 Å². The van der Waals surface area contributed by atoms with E-state index in [9.17, 15) is 4.79 Å². The molecule has 0 saturated carbocycles. The van der Waals surface area contributed by atoms with Gasteiger partial charge in [-0.05, 0) is 43.5 Å². The number of nitrogens with zero attached hydrogens (tertiary/aromatic N) is 1. The van der Waals surface area contributed by atoms with E-state index in [1.807, 2.05) is 24.3 Å². The van der Waals surface area contributed by atoms with E-state index >= 15 is 0 Å². The number of nitrogen functional groups attached to an aromatic ring is 1. The van der Waals surface area contributed by atoms with Crippen LogP contribution in [0, 0.1) is 0 Å². The number of anilines is 2. The molecular weight excluding hydrogens is 228 g/mol. The molecule has 0 bridgehead atoms. The number of hydrogen-bond acceptors (Lipinski definition) is 3. The highest BCUT2D eigenvalue weighted by Gasteiger charge is 2.28. The quantitative estimate of drug-likeness (QED) is 0.831. The van der Waals surface area contributed by atoms with Gasteiger partial charge >= 0.3 is 0 Å². The molecule has 1 aliphatic rings. The van der Waals surface area contributed by atoms with Crippen LogP contribution in [-0.2, 0) is 9.53 Å². The van der Waals surface area contributed by atoms with Gasteiger partial charge in [0.1, 0.15) is 6.10 Å². The first-order valence-electron chi connectivity index (χ1n) is 6.51. The monoisotopic (exact) mass is 248 g/mol. The minimum Gasteiger partial charge on any atom is -0.399 e. The summed E-state index contributed by atoms with van der Waals surface area (Å²) in [4.78, 5) is 14.2. The summed E-state index contributed by atoms with van der Waals surface area (Å²) in [7, 11) is 0. The Hall–Kier alpha value is -1.55. The zero-order valence-electron chi connectivity index (χ0n) is 10.8. The zero-order chi connectivity index (χ0) is 13.0. The van der Waals surface area contributed by atoms with Gasteiger partial charge < -0.3 is 15.4 Å². The van der Waals surface area contributed by atoms with Gasteiger partial charge in [-0.15, -0.1) is 0 Å². The number of amides is 1. The van der Waals surface area contributed by atoms with Gasteiger partial charge in [-0.25, -0.2) is 0 Å². The van der Waals surface area contributed by atoms with Crippen molar-refractivity contribution in [3.63, 3.8) is 0 Å². The molecule has 98 valence electrons. The number of carbonyl (C=O) groups is 1. The van der Waals surface area contributed by atoms with Gasteiger partial charge in [-0.1, -0.05) is 6.92 Å². The first-order chi connectivity index (χ1) is 8.72. The second-order valence-corrected chi connectivity index (χ2v) is 4.58. The zero-order valence-corrected chi connectivity index (χ0v) is 10.8. The summed E-state index contributed by atoms with van der Waals surface area (Å²) < 4.78 is 5.47. The molecule has 0 spiro atoms. The highest BCUT2D eigenvalue weighted by Crippen LogP contribution is 2.21. The molecule has 1 aliphatic heterocycles. The minimum atomic E-state index is -0.269. The van der Waals surface area contributed by atoms with Crippen molar-refractivity contribution >= 4 is 17.3 Å². The lowest BCUT2D eigenvalue weighted by Crippen LogP contribution is -2.39. The molecule has 1 atom stereocenters. The van der Waals surface area contributed by atoms with Gasteiger partial charge in [0.15, 0.2) is 0 Å². The lowest BCUT2D eigenvalue weighted by molar-refractivity contribution is -0.127. The molecule has 4 nitrogen and oxygen atoms in total. The van der Waals surface area contributed by atoms with Crippen LogP contribution >= 0.6 is 0 Å². The summed E-state index contributed by atoms with van der Waals surface area (Å²) in [6.07, 6.45) is 2.45. The minimum absolute atomic E-state index is 0.0686. The fourth-order valence-corrected chi connectivity index (χ4v) is 2.19. The first-order valence-corrected chi connectivity index (χ1v) is 6.51. The molecule has 4 heteroatoms. The Bertz CT molecular complexity index is 397. The van der Waals surface area contributed by atoms with Crippen molar-refractivity contribution in [3.05, 3.63) is 24.3 Å². The van der Waals surface area contributed by atoms with Gasteiger partial charge in [0, 0.05) is 24.5 Å². The Kier molecular flexibility index (Phi) is 4.20. The largest absolute Gasteiger partial charge is 0.399 e. The number of carbonyl (C=O) groups excluding carboxylic acids is 1. The normalized spacial score (nSPS) is 18.8. The van der Waals surface area contributed by atoms with Crippen molar-refractivity contribution in [1.82, 2.24) is 0 Å². The second-order valence-electron chi connectivity index (χ2n) is 4.58. The topological polar surface area (TPSA) is 55.6 Å². The third kappa shape index (κ3) is 2.82. The average molecular weight is 248 g/mol. The molecule has 1 fully saturated rings. The number of hydrogen-bond donors (Lipinski definition) is 1. The van der Waals surface area contributed by atoms with Crippen LogP contribution in [0.15, 0.2) is 24.3 Å². The van der Waals surface area contributed by atoms with Gasteiger partial charge in [0.2, 0.25) is 0 Å². The molecule has 0 aromatic heterocycles. The Morgan fingerprint density at radius 1 is 1.44 bits per heavy atom. The number of ether oxygens (including phenoxy) is 1. The Balaban J connectivity index is 2.16. The molecule has 2 rings (SSSR count). The van der Waals surface area contributed by atoms with Crippen LogP contribution in [0.2, 0.25) is 0 Å². The summed E-state index contributed by atoms with van der Waals surface area (Å²) in [6.45, 7) is 3.47. The first kappa shape index (κ1) is 12.9. The molecular formula is C14H20N2O2. The Morgan fingerprint density at radius 3 is 2.72 bits per heavy atom. The highest BCUT2D eigenvalue weighted by molar-refractivity contribution is 5.96. The third-order valence-electron chi connectivity index (χ3n) is 3.12. The molecule has 1 heterocycles. The maximum Gasteiger partial charge on any atom is 0.256 e. The van der Waals surface area contributed by atoms with Crippen LogP contribution < -0.4 is 10.6 Å². The van der Waals surface area contributed by atoms with Crippen molar-refractivity contribution < 1.29 is 9.53 Å². The fourth-order valence-electron chi connectivity index (χ4n) is 2.19. The van der Waals surface area contributed by atoms with E-state index < -0.39 is 0 Å². The SMILES string of the molecule is CCCN(C(=O)C1CCCO1)c1ccc(N)cc1. The third-order valence-corrected chi connectivity index (χ3v) is 3.12. The molecule has 1 amide bonds. The molecule has 1 aromatic carbocycles. The van der Waals surface area contributed by atoms with Crippen molar-refractivity contribution in [3.8, 4) is 0 Å². The van der Waals surface area contributed by atoms with Crippen LogP contribution in [0.25, 0.3) is 0 Å². The number of benzene rings is 1. The van der Waals surface area contributed by atoms with Crippen LogP contribution in [0.4, 0.5) is 11.4 Å². The van der Waals surface area contributed by atoms with Crippen molar-refractivity contribution in [2.24, 2.45) is 0 Å². The van der Waals surface area contributed by atoms with Crippen molar-refractivity contribution in [2.45, 2.75) is 32.3 Å². The maximum absolute atomic E-state index is 12.4. The van der Waals surface area contributed by atoms with Gasteiger partial charge in [-0.2, -0.15) is 0 Å². The van der Waals surface area contributed by atoms with Crippen LogP contribution in [0.5, 0.6) is 0 Å². The lowest BCUT2D eigenvalue weighted by Gasteiger charge is -2.25. The van der Waals surface area contributed by atoms with E-state index in [2.05, 4.69) is 6.92 Å². The molecule has 18 heavy (non-hydrogen) atoms. The van der Waals surface area contributed by atoms with E-state index in [0.29, 0.717) is 18.8 Å². The molecule has 1 unspecified atom stereocenters. The smallest absolute Gasteiger partial charge is 0.256 e. The number of rotatable bonds is 4. The fraction of sp³-hybridized carbons (Fsp3) is 0.500. The maximum atomic E-state index is 12.4. The lowest BCUT2D eigenvalue weighted by atomic mass is 10.2. The molecule has 0 aliphatic carbocycles. The predicted octanol–water partition coefficient (Wildman–Crippen LogP) is 2.19. The van der Waals surface area contributed by atoms with E-state index in [-0.39, 0.29) is 12.0 Å². The molecule has 1 aromatic rings. The Morgan fingerprint density at radius 2 is 2.17 bits per heavy atom. The standard InChI is InChI=1S/C14H20N2O2/c1-2-9-16(12-7-5-11(15)6-8-12)14(17)13-4-3-10-18-13/h5-8,13H,2-4,9-10,15H2,1H3. The van der Waals surface area contributed by atoms with Crippen molar-refractivity contribution in [2.75, 3.05) is 23.8 Å². The van der Waals surface area contributed by atoms with Crippen LogP contribution in [0.1, 0.15) is 26.2 Å². The summed E-state index contributed by atoms with van der Waals surface area (Å²) in [5.41, 5.74) is 7.27. The average Bonchev–Trinajstić information content (AvgIpc) is 2.90. The second kappa shape index (κ2) is 5.87. The van der Waals surface area contributed by atoms with E-state index in [4.69, 9.17) is 10.5 Å². The van der Waals surface area contributed by atoms with Gasteiger partial charge in [0.25, 0.3) is 5.91 Å². The van der Waals surface area contributed by atoms with E-state index in [1.165, 1.54) is 0 Å². The van der Waals surface area contributed by atoms with E-state index in [0.717, 1.165) is 24.9 Å².